The number of hydrogen-bond donors (Lipinski definition) is 1. The molecule has 2 aliphatic rings. The lowest BCUT2D eigenvalue weighted by atomic mass is 9.91. The molecule has 0 spiro atoms. The second kappa shape index (κ2) is 7.41. The largest absolute Gasteiger partial charge is 0.323 e. The van der Waals surface area contributed by atoms with E-state index in [9.17, 15) is 0 Å². The van der Waals surface area contributed by atoms with Crippen molar-refractivity contribution in [2.45, 2.75) is 57.0 Å². The van der Waals surface area contributed by atoms with Crippen LogP contribution in [0.1, 0.15) is 44.9 Å². The van der Waals surface area contributed by atoms with Crippen molar-refractivity contribution >= 4 is 0 Å². The van der Waals surface area contributed by atoms with Gasteiger partial charge >= 0.3 is 0 Å². The maximum atomic E-state index is 6.63. The van der Waals surface area contributed by atoms with Crippen molar-refractivity contribution in [1.82, 2.24) is 9.80 Å². The molecule has 1 heterocycles. The molecule has 0 bridgehead atoms. The number of nitrogens with two attached hydrogens (primary N) is 1. The molecule has 0 amide bonds. The van der Waals surface area contributed by atoms with Crippen LogP contribution < -0.4 is 5.73 Å². The molecule has 3 heteroatoms. The third kappa shape index (κ3) is 4.30. The maximum Gasteiger partial charge on any atom is 0.0424 e. The van der Waals surface area contributed by atoms with E-state index in [1.807, 2.05) is 0 Å². The quantitative estimate of drug-likeness (QED) is 0.777. The lowest BCUT2D eigenvalue weighted by Gasteiger charge is -2.34. The van der Waals surface area contributed by atoms with Crippen LogP contribution in [0, 0.1) is 0 Å². The van der Waals surface area contributed by atoms with Crippen LogP contribution in [-0.4, -0.2) is 55.6 Å². The van der Waals surface area contributed by atoms with Gasteiger partial charge in [0.25, 0.3) is 0 Å². The van der Waals surface area contributed by atoms with Gasteiger partial charge in [-0.25, -0.2) is 0 Å². The van der Waals surface area contributed by atoms with E-state index in [0.29, 0.717) is 6.04 Å². The first-order valence-corrected chi connectivity index (χ1v) is 8.02. The van der Waals surface area contributed by atoms with Crippen molar-refractivity contribution in [3.8, 4) is 0 Å². The zero-order valence-corrected chi connectivity index (χ0v) is 12.8. The predicted molar refractivity (Wildman–Crippen MR) is 82.3 cm³/mol. The van der Waals surface area contributed by atoms with E-state index in [2.05, 4.69) is 30.0 Å². The molecule has 3 nitrogen and oxygen atoms in total. The van der Waals surface area contributed by atoms with Crippen molar-refractivity contribution in [2.75, 3.05) is 33.7 Å². The average molecular weight is 265 g/mol. The van der Waals surface area contributed by atoms with Crippen LogP contribution in [0.15, 0.2) is 11.6 Å². The van der Waals surface area contributed by atoms with Gasteiger partial charge in [-0.15, -0.1) is 0 Å². The molecule has 1 aliphatic heterocycles. The number of allylic oxidation sites excluding steroid dienone is 1. The molecule has 110 valence electrons. The zero-order chi connectivity index (χ0) is 13.7. The summed E-state index contributed by atoms with van der Waals surface area (Å²) in [5.74, 6) is 0. The summed E-state index contributed by atoms with van der Waals surface area (Å²) in [6.45, 7) is 3.48. The van der Waals surface area contributed by atoms with Crippen LogP contribution in [0.4, 0.5) is 0 Å². The smallest absolute Gasteiger partial charge is 0.0424 e. The molecule has 1 saturated heterocycles. The zero-order valence-electron chi connectivity index (χ0n) is 12.8. The van der Waals surface area contributed by atoms with E-state index in [-0.39, 0.29) is 6.04 Å². The minimum Gasteiger partial charge on any atom is -0.323 e. The lowest BCUT2D eigenvalue weighted by molar-refractivity contribution is 0.205. The summed E-state index contributed by atoms with van der Waals surface area (Å²) in [5, 5.41) is 0. The molecule has 19 heavy (non-hydrogen) atoms. The maximum absolute atomic E-state index is 6.63. The van der Waals surface area contributed by atoms with Crippen LogP contribution in [0.25, 0.3) is 0 Å². The Bertz CT molecular complexity index is 300. The van der Waals surface area contributed by atoms with Crippen molar-refractivity contribution in [3.63, 3.8) is 0 Å². The van der Waals surface area contributed by atoms with E-state index >= 15 is 0 Å². The average Bonchev–Trinajstić information content (AvgIpc) is 2.50. The molecule has 1 fully saturated rings. The third-order valence-electron chi connectivity index (χ3n) is 4.78. The molecular formula is C16H31N3. The van der Waals surface area contributed by atoms with Gasteiger partial charge in [-0.05, 0) is 59.3 Å². The fraction of sp³-hybridized carbons (Fsp3) is 0.875. The summed E-state index contributed by atoms with van der Waals surface area (Å²) in [5.41, 5.74) is 8.15. The van der Waals surface area contributed by atoms with Gasteiger partial charge < -0.3 is 15.5 Å². The number of rotatable bonds is 2. The van der Waals surface area contributed by atoms with E-state index in [1.165, 1.54) is 63.6 Å². The highest BCUT2D eigenvalue weighted by Crippen LogP contribution is 2.22. The molecule has 0 aromatic carbocycles. The number of hydrogen-bond acceptors (Lipinski definition) is 3. The highest BCUT2D eigenvalue weighted by atomic mass is 15.2. The van der Waals surface area contributed by atoms with Gasteiger partial charge in [-0.2, -0.15) is 0 Å². The van der Waals surface area contributed by atoms with Gasteiger partial charge in [0.1, 0.15) is 0 Å². The summed E-state index contributed by atoms with van der Waals surface area (Å²) in [4.78, 5) is 4.92. The van der Waals surface area contributed by atoms with E-state index in [0.717, 1.165) is 6.54 Å². The van der Waals surface area contributed by atoms with Crippen LogP contribution in [0.3, 0.4) is 0 Å². The normalized spacial score (nSPS) is 30.1. The Hall–Kier alpha value is -0.380. The molecule has 0 radical (unpaired) electrons. The predicted octanol–water partition coefficient (Wildman–Crippen LogP) is 2.23. The highest BCUT2D eigenvalue weighted by molar-refractivity contribution is 5.15. The van der Waals surface area contributed by atoms with Gasteiger partial charge in [-0.3, -0.25) is 0 Å². The van der Waals surface area contributed by atoms with Gasteiger partial charge in [0.15, 0.2) is 0 Å². The summed E-state index contributed by atoms with van der Waals surface area (Å²) in [7, 11) is 4.47. The van der Waals surface area contributed by atoms with Gasteiger partial charge in [-0.1, -0.05) is 24.5 Å². The van der Waals surface area contributed by atoms with E-state index in [1.54, 1.807) is 0 Å². The molecule has 0 aromatic heterocycles. The summed E-state index contributed by atoms with van der Waals surface area (Å²) >= 11 is 0. The number of likely N-dealkylation sites (N-methyl/N-ethyl adjacent to an activating group) is 2. The van der Waals surface area contributed by atoms with Gasteiger partial charge in [0.2, 0.25) is 0 Å². The van der Waals surface area contributed by atoms with Gasteiger partial charge in [0.05, 0.1) is 0 Å². The third-order valence-corrected chi connectivity index (χ3v) is 4.78. The molecule has 2 atom stereocenters. The minimum absolute atomic E-state index is 0.226. The van der Waals surface area contributed by atoms with Crippen LogP contribution in [0.2, 0.25) is 0 Å². The first-order valence-electron chi connectivity index (χ1n) is 8.02. The topological polar surface area (TPSA) is 32.5 Å². The molecule has 2 N–H and O–H groups in total. The Balaban J connectivity index is 2.04. The summed E-state index contributed by atoms with van der Waals surface area (Å²) in [6, 6.07) is 0.710. The fourth-order valence-electron chi connectivity index (χ4n) is 3.46. The number of nitrogens with zero attached hydrogens (tertiary/aromatic N) is 2. The Morgan fingerprint density at radius 1 is 1.11 bits per heavy atom. The Labute approximate surface area is 118 Å². The van der Waals surface area contributed by atoms with Crippen LogP contribution in [0.5, 0.6) is 0 Å². The summed E-state index contributed by atoms with van der Waals surface area (Å²) in [6.07, 6.45) is 11.6. The Morgan fingerprint density at radius 3 is 2.74 bits per heavy atom. The van der Waals surface area contributed by atoms with Crippen molar-refractivity contribution < 1.29 is 0 Å². The first-order chi connectivity index (χ1) is 9.18. The second-order valence-corrected chi connectivity index (χ2v) is 6.42. The van der Waals surface area contributed by atoms with Crippen LogP contribution in [-0.2, 0) is 0 Å². The molecule has 2 unspecified atom stereocenters. The van der Waals surface area contributed by atoms with Crippen molar-refractivity contribution in [1.29, 1.82) is 0 Å². The SMILES string of the molecule is CN1CCCN(C)C(C(N)C2=CCCCCCC2)C1. The lowest BCUT2D eigenvalue weighted by Crippen LogP contribution is -2.51. The van der Waals surface area contributed by atoms with Gasteiger partial charge in [0, 0.05) is 18.6 Å². The molecule has 2 rings (SSSR count). The fourth-order valence-corrected chi connectivity index (χ4v) is 3.46. The summed E-state index contributed by atoms with van der Waals surface area (Å²) < 4.78 is 0. The van der Waals surface area contributed by atoms with Crippen molar-refractivity contribution in [3.05, 3.63) is 11.6 Å². The molecule has 0 saturated carbocycles. The molecule has 1 aliphatic carbocycles. The second-order valence-electron chi connectivity index (χ2n) is 6.42. The van der Waals surface area contributed by atoms with Crippen molar-refractivity contribution in [2.24, 2.45) is 5.73 Å². The van der Waals surface area contributed by atoms with E-state index in [4.69, 9.17) is 5.73 Å². The standard InChI is InChI=1S/C16H31N3/c1-18-11-8-12-19(2)15(13-18)16(17)14-9-6-4-3-5-7-10-14/h9,15-16H,3-8,10-13,17H2,1-2H3. The first kappa shape index (κ1) is 15.0. The Morgan fingerprint density at radius 2 is 1.89 bits per heavy atom. The Kier molecular flexibility index (Phi) is 5.86. The van der Waals surface area contributed by atoms with E-state index < -0.39 is 0 Å². The molecular weight excluding hydrogens is 234 g/mol. The highest BCUT2D eigenvalue weighted by Gasteiger charge is 2.28. The van der Waals surface area contributed by atoms with Crippen LogP contribution >= 0.6 is 0 Å². The molecule has 0 aromatic rings. The monoisotopic (exact) mass is 265 g/mol. The minimum atomic E-state index is 0.226.